The molecule has 5 nitrogen and oxygen atoms in total. The highest BCUT2D eigenvalue weighted by atomic mass is 35.5. The zero-order chi connectivity index (χ0) is 18.5. The summed E-state index contributed by atoms with van der Waals surface area (Å²) in [6, 6.07) is 15.6. The van der Waals surface area contributed by atoms with Crippen molar-refractivity contribution in [1.29, 1.82) is 0 Å². The molecule has 1 heterocycles. The van der Waals surface area contributed by atoms with E-state index in [2.05, 4.69) is 15.5 Å². The van der Waals surface area contributed by atoms with E-state index < -0.39 is 0 Å². The van der Waals surface area contributed by atoms with Crippen LogP contribution in [-0.2, 0) is 18.4 Å². The number of benzene rings is 2. The Morgan fingerprint density at radius 2 is 1.96 bits per heavy atom. The van der Waals surface area contributed by atoms with Gasteiger partial charge in [0.1, 0.15) is 0 Å². The maximum atomic E-state index is 12.1. The van der Waals surface area contributed by atoms with E-state index in [1.165, 1.54) is 17.3 Å². The van der Waals surface area contributed by atoms with E-state index in [0.29, 0.717) is 16.7 Å². The van der Waals surface area contributed by atoms with Crippen LogP contribution in [-0.4, -0.2) is 26.4 Å². The summed E-state index contributed by atoms with van der Waals surface area (Å²) in [7, 11) is 1.90. The van der Waals surface area contributed by atoms with Crippen molar-refractivity contribution < 1.29 is 4.79 Å². The molecule has 0 fully saturated rings. The quantitative estimate of drug-likeness (QED) is 0.653. The molecule has 0 aliphatic rings. The third-order valence-electron chi connectivity index (χ3n) is 3.86. The van der Waals surface area contributed by atoms with E-state index in [-0.39, 0.29) is 11.7 Å². The third kappa shape index (κ3) is 4.65. The molecule has 3 rings (SSSR count). The summed E-state index contributed by atoms with van der Waals surface area (Å²) < 4.78 is 1.90. The molecule has 134 valence electrons. The van der Waals surface area contributed by atoms with Crippen molar-refractivity contribution in [3.05, 3.63) is 64.7 Å². The number of nitrogens with one attached hydrogen (secondary N) is 1. The molecule has 0 atom stereocenters. The topological polar surface area (TPSA) is 59.8 Å². The second kappa shape index (κ2) is 8.38. The average Bonchev–Trinajstić information content (AvgIpc) is 3.00. The molecule has 1 amide bonds. The van der Waals surface area contributed by atoms with Gasteiger partial charge in [-0.2, -0.15) is 0 Å². The number of halogens is 1. The van der Waals surface area contributed by atoms with Crippen LogP contribution in [0, 0.1) is 6.92 Å². The highest BCUT2D eigenvalue weighted by Gasteiger charge is 2.12. The van der Waals surface area contributed by atoms with Crippen LogP contribution in [0.15, 0.2) is 53.7 Å². The zero-order valence-electron chi connectivity index (χ0n) is 14.6. The Morgan fingerprint density at radius 3 is 2.69 bits per heavy atom. The molecule has 0 unspecified atom stereocenters. The van der Waals surface area contributed by atoms with Gasteiger partial charge in [-0.05, 0) is 24.6 Å². The number of carbonyl (C=O) groups excluding carboxylic acids is 1. The highest BCUT2D eigenvalue weighted by molar-refractivity contribution is 7.99. The maximum Gasteiger partial charge on any atom is 0.230 e. The zero-order valence-corrected chi connectivity index (χ0v) is 16.1. The van der Waals surface area contributed by atoms with E-state index in [4.69, 9.17) is 11.6 Å². The van der Waals surface area contributed by atoms with Gasteiger partial charge in [0, 0.05) is 24.2 Å². The monoisotopic (exact) mass is 386 g/mol. The molecule has 0 aliphatic heterocycles. The van der Waals surface area contributed by atoms with Crippen molar-refractivity contribution in [2.24, 2.45) is 7.05 Å². The molecule has 0 aliphatic carbocycles. The Balaban J connectivity index is 1.56. The van der Waals surface area contributed by atoms with Crippen LogP contribution in [0.2, 0.25) is 5.02 Å². The average molecular weight is 387 g/mol. The van der Waals surface area contributed by atoms with Crippen molar-refractivity contribution in [3.8, 4) is 11.4 Å². The Hall–Kier alpha value is -2.31. The Bertz CT molecular complexity index is 908. The minimum absolute atomic E-state index is 0.0603. The Labute approximate surface area is 161 Å². The van der Waals surface area contributed by atoms with Crippen LogP contribution in [0.4, 0.5) is 0 Å². The van der Waals surface area contributed by atoms with E-state index in [1.807, 2.05) is 67.1 Å². The number of thioether (sulfide) groups is 1. The van der Waals surface area contributed by atoms with Crippen LogP contribution < -0.4 is 5.32 Å². The molecule has 2 aromatic carbocycles. The molecule has 0 saturated carbocycles. The fourth-order valence-electron chi connectivity index (χ4n) is 2.42. The van der Waals surface area contributed by atoms with E-state index >= 15 is 0 Å². The lowest BCUT2D eigenvalue weighted by Gasteiger charge is -2.06. The standard InChI is InChI=1S/C19H19ClN4OS/c1-13-6-8-15(9-7-13)18-22-23-19(24(18)2)26-12-17(25)21-11-14-4-3-5-16(20)10-14/h3-10H,11-12H2,1-2H3,(H,21,25). The minimum Gasteiger partial charge on any atom is -0.351 e. The second-order valence-electron chi connectivity index (χ2n) is 5.93. The minimum atomic E-state index is -0.0603. The number of nitrogens with zero attached hydrogens (tertiary/aromatic N) is 3. The summed E-state index contributed by atoms with van der Waals surface area (Å²) in [5.41, 5.74) is 3.17. The molecule has 0 radical (unpaired) electrons. The lowest BCUT2D eigenvalue weighted by Crippen LogP contribution is -2.24. The first-order chi connectivity index (χ1) is 12.5. The van der Waals surface area contributed by atoms with Gasteiger partial charge in [0.15, 0.2) is 11.0 Å². The van der Waals surface area contributed by atoms with Gasteiger partial charge < -0.3 is 9.88 Å². The predicted octanol–water partition coefficient (Wildman–Crippen LogP) is 3.85. The number of aromatic nitrogens is 3. The fourth-order valence-corrected chi connectivity index (χ4v) is 3.38. The summed E-state index contributed by atoms with van der Waals surface area (Å²) in [4.78, 5) is 12.1. The molecule has 0 spiro atoms. The van der Waals surface area contributed by atoms with Gasteiger partial charge in [-0.1, -0.05) is 65.3 Å². The summed E-state index contributed by atoms with van der Waals surface area (Å²) in [5.74, 6) is 1.00. The van der Waals surface area contributed by atoms with Crippen molar-refractivity contribution in [3.63, 3.8) is 0 Å². The van der Waals surface area contributed by atoms with Crippen LogP contribution in [0.5, 0.6) is 0 Å². The normalized spacial score (nSPS) is 10.7. The van der Waals surface area contributed by atoms with Gasteiger partial charge in [0.2, 0.25) is 5.91 Å². The number of hydrogen-bond acceptors (Lipinski definition) is 4. The first-order valence-electron chi connectivity index (χ1n) is 8.13. The van der Waals surface area contributed by atoms with Gasteiger partial charge in [-0.3, -0.25) is 4.79 Å². The summed E-state index contributed by atoms with van der Waals surface area (Å²) in [6.45, 7) is 2.50. The number of hydrogen-bond donors (Lipinski definition) is 1. The predicted molar refractivity (Wildman–Crippen MR) is 105 cm³/mol. The van der Waals surface area contributed by atoms with Crippen LogP contribution in [0.3, 0.4) is 0 Å². The smallest absolute Gasteiger partial charge is 0.230 e. The van der Waals surface area contributed by atoms with Crippen molar-refractivity contribution in [2.45, 2.75) is 18.6 Å². The van der Waals surface area contributed by atoms with Gasteiger partial charge in [-0.25, -0.2) is 0 Å². The molecule has 26 heavy (non-hydrogen) atoms. The third-order valence-corrected chi connectivity index (χ3v) is 5.11. The summed E-state index contributed by atoms with van der Waals surface area (Å²) in [5, 5.41) is 12.7. The lowest BCUT2D eigenvalue weighted by molar-refractivity contribution is -0.118. The Kier molecular flexibility index (Phi) is 5.96. The molecule has 7 heteroatoms. The van der Waals surface area contributed by atoms with Crippen LogP contribution in [0.25, 0.3) is 11.4 Å². The van der Waals surface area contributed by atoms with Crippen molar-refractivity contribution in [2.75, 3.05) is 5.75 Å². The van der Waals surface area contributed by atoms with E-state index in [0.717, 1.165) is 17.0 Å². The van der Waals surface area contributed by atoms with Crippen molar-refractivity contribution in [1.82, 2.24) is 20.1 Å². The highest BCUT2D eigenvalue weighted by Crippen LogP contribution is 2.22. The SMILES string of the molecule is Cc1ccc(-c2nnc(SCC(=O)NCc3cccc(Cl)c3)n2C)cc1. The maximum absolute atomic E-state index is 12.1. The molecule has 3 aromatic rings. The number of amides is 1. The Morgan fingerprint density at radius 1 is 1.19 bits per heavy atom. The van der Waals surface area contributed by atoms with Gasteiger partial charge >= 0.3 is 0 Å². The van der Waals surface area contributed by atoms with E-state index in [9.17, 15) is 4.79 Å². The van der Waals surface area contributed by atoms with Gasteiger partial charge in [0.25, 0.3) is 0 Å². The molecule has 0 saturated heterocycles. The fraction of sp³-hybridized carbons (Fsp3) is 0.211. The molecular formula is C19H19ClN4OS. The molecule has 0 bridgehead atoms. The largest absolute Gasteiger partial charge is 0.351 e. The first-order valence-corrected chi connectivity index (χ1v) is 9.49. The number of carbonyl (C=O) groups is 1. The number of rotatable bonds is 6. The lowest BCUT2D eigenvalue weighted by atomic mass is 10.1. The second-order valence-corrected chi connectivity index (χ2v) is 7.31. The van der Waals surface area contributed by atoms with Crippen LogP contribution >= 0.6 is 23.4 Å². The van der Waals surface area contributed by atoms with E-state index in [1.54, 1.807) is 0 Å². The van der Waals surface area contributed by atoms with Gasteiger partial charge in [0.05, 0.1) is 5.75 Å². The summed E-state index contributed by atoms with van der Waals surface area (Å²) in [6.07, 6.45) is 0. The first kappa shape index (κ1) is 18.5. The molecule has 1 aromatic heterocycles. The van der Waals surface area contributed by atoms with Crippen molar-refractivity contribution >= 4 is 29.3 Å². The summed E-state index contributed by atoms with van der Waals surface area (Å²) >= 11 is 7.31. The van der Waals surface area contributed by atoms with Crippen LogP contribution in [0.1, 0.15) is 11.1 Å². The number of aryl methyl sites for hydroxylation is 1. The molecular weight excluding hydrogens is 368 g/mol. The molecule has 1 N–H and O–H groups in total. The van der Waals surface area contributed by atoms with Gasteiger partial charge in [-0.15, -0.1) is 10.2 Å².